The molecule has 6 aromatic heterocycles. The number of para-hydroxylation sites is 2. The Bertz CT molecular complexity index is 3650. The summed E-state index contributed by atoms with van der Waals surface area (Å²) < 4.78 is 5.06. The van der Waals surface area contributed by atoms with Crippen molar-refractivity contribution in [2.75, 3.05) is 0 Å². The van der Waals surface area contributed by atoms with E-state index < -0.39 is 0 Å². The van der Waals surface area contributed by atoms with Crippen LogP contribution in [0.2, 0.25) is 0 Å². The maximum atomic E-state index is 5.15. The fourth-order valence-corrected chi connectivity index (χ4v) is 11.2. The molecule has 0 fully saturated rings. The van der Waals surface area contributed by atoms with Crippen molar-refractivity contribution in [1.29, 1.82) is 0 Å². The van der Waals surface area contributed by atoms with E-state index in [1.807, 2.05) is 24.5 Å². The van der Waals surface area contributed by atoms with Crippen molar-refractivity contribution < 1.29 is 0 Å². The minimum atomic E-state index is 0.921. The highest BCUT2D eigenvalue weighted by Gasteiger charge is 2.33. The van der Waals surface area contributed by atoms with Crippen LogP contribution in [0.1, 0.15) is 22.3 Å². The molecule has 0 saturated carbocycles. The molecule has 2 aliphatic rings. The first-order chi connectivity index (χ1) is 32.7. The molecule has 0 aliphatic heterocycles. The van der Waals surface area contributed by atoms with Gasteiger partial charge in [0.15, 0.2) is 0 Å². The van der Waals surface area contributed by atoms with Gasteiger partial charge in [-0.05, 0) is 168 Å². The standard InChI is InChI=1S/C60H40N6/c1-3-13-43(14-4-1)65-55-27-23-37(51-17-7-19-53(63-51)41-11-9-29-61-35-41)31-47(55)49-33-39-21-22-40-34-50-48-32-38(52-18-8-20-54(64-52)42-12-10-30-62-36-42)24-28-56(48)66(44-15-5-2-6-16-44)60(50)46-26-25-45(59(49)65)57(39)58(40)46/h1-20,23-24,27-36H,21-22,25-26H2. The number of fused-ring (bicyclic) bond motifs is 8. The van der Waals surface area contributed by atoms with Crippen molar-refractivity contribution in [3.63, 3.8) is 0 Å². The number of hydrogen-bond acceptors (Lipinski definition) is 4. The van der Waals surface area contributed by atoms with Gasteiger partial charge in [-0.3, -0.25) is 9.97 Å². The van der Waals surface area contributed by atoms with Gasteiger partial charge in [0.25, 0.3) is 0 Å². The molecular weight excluding hydrogens is 805 g/mol. The molecule has 0 spiro atoms. The normalized spacial score (nSPS) is 12.9. The molecule has 12 aromatic rings. The number of aromatic nitrogens is 6. The highest BCUT2D eigenvalue weighted by atomic mass is 15.0. The van der Waals surface area contributed by atoms with Gasteiger partial charge < -0.3 is 9.13 Å². The van der Waals surface area contributed by atoms with E-state index in [4.69, 9.17) is 9.97 Å². The van der Waals surface area contributed by atoms with Crippen LogP contribution in [0.25, 0.3) is 111 Å². The van der Waals surface area contributed by atoms with E-state index in [0.29, 0.717) is 0 Å². The summed E-state index contributed by atoms with van der Waals surface area (Å²) in [6.45, 7) is 0. The zero-order valence-corrected chi connectivity index (χ0v) is 36.0. The number of hydrogen-bond donors (Lipinski definition) is 0. The lowest BCUT2D eigenvalue weighted by molar-refractivity contribution is 0.883. The third-order valence-electron chi connectivity index (χ3n) is 14.0. The predicted molar refractivity (Wildman–Crippen MR) is 268 cm³/mol. The summed E-state index contributed by atoms with van der Waals surface area (Å²) in [6, 6.07) is 61.4. The second-order valence-corrected chi connectivity index (χ2v) is 17.7. The fraction of sp³-hybridized carbons (Fsp3) is 0.0667. The van der Waals surface area contributed by atoms with E-state index in [0.717, 1.165) is 70.7 Å². The Hall–Kier alpha value is -8.48. The molecule has 66 heavy (non-hydrogen) atoms. The van der Waals surface area contributed by atoms with Crippen LogP contribution in [-0.4, -0.2) is 29.1 Å². The second-order valence-electron chi connectivity index (χ2n) is 17.7. The quantitative estimate of drug-likeness (QED) is 0.167. The van der Waals surface area contributed by atoms with Crippen molar-refractivity contribution in [2.45, 2.75) is 25.7 Å². The average molecular weight is 845 g/mol. The molecule has 0 N–H and O–H groups in total. The SMILES string of the molecule is c1ccc(-n2c3ccc(-c4cccc(-c5cccnc5)n4)cc3c3cc4c5c(c32)CCc2c-5c(cc3c5cc(-c6cccc(-c7cccnc7)n6)ccc5n(-c5ccccc5)c23)CC4)cc1. The van der Waals surface area contributed by atoms with Crippen LogP contribution in [0.15, 0.2) is 195 Å². The van der Waals surface area contributed by atoms with Crippen LogP contribution in [0, 0.1) is 0 Å². The highest BCUT2D eigenvalue weighted by Crippen LogP contribution is 2.51. The van der Waals surface area contributed by atoms with Crippen LogP contribution in [0.5, 0.6) is 0 Å². The van der Waals surface area contributed by atoms with Gasteiger partial charge >= 0.3 is 0 Å². The number of benzene rings is 6. The third kappa shape index (κ3) is 5.61. The van der Waals surface area contributed by atoms with Crippen molar-refractivity contribution in [3.8, 4) is 67.5 Å². The van der Waals surface area contributed by atoms with Crippen LogP contribution in [-0.2, 0) is 25.7 Å². The molecule has 6 heterocycles. The summed E-state index contributed by atoms with van der Waals surface area (Å²) in [6.07, 6.45) is 11.3. The molecule has 0 atom stereocenters. The zero-order valence-electron chi connectivity index (χ0n) is 36.0. The second kappa shape index (κ2) is 14.5. The van der Waals surface area contributed by atoms with Crippen LogP contribution >= 0.6 is 0 Å². The summed E-state index contributed by atoms with van der Waals surface area (Å²) >= 11 is 0. The fourth-order valence-electron chi connectivity index (χ4n) is 11.2. The first-order valence-corrected chi connectivity index (χ1v) is 22.9. The van der Waals surface area contributed by atoms with Gasteiger partial charge in [-0.1, -0.05) is 60.7 Å². The lowest BCUT2D eigenvalue weighted by Crippen LogP contribution is -2.16. The van der Waals surface area contributed by atoms with E-state index in [2.05, 4.69) is 177 Å². The van der Waals surface area contributed by atoms with Gasteiger partial charge in [-0.2, -0.15) is 0 Å². The van der Waals surface area contributed by atoms with E-state index in [9.17, 15) is 0 Å². The van der Waals surface area contributed by atoms with Crippen molar-refractivity contribution >= 4 is 43.6 Å². The Morgan fingerprint density at radius 2 is 0.788 bits per heavy atom. The Labute approximate surface area is 381 Å². The molecule has 2 aliphatic carbocycles. The maximum Gasteiger partial charge on any atom is 0.0725 e. The summed E-state index contributed by atoms with van der Waals surface area (Å²) in [5.74, 6) is 0. The number of nitrogens with zero attached hydrogens (tertiary/aromatic N) is 6. The topological polar surface area (TPSA) is 61.4 Å². The summed E-state index contributed by atoms with van der Waals surface area (Å²) in [5.41, 5.74) is 24.1. The van der Waals surface area contributed by atoms with Crippen molar-refractivity contribution in [2.24, 2.45) is 0 Å². The molecule has 0 amide bonds. The molecule has 0 unspecified atom stereocenters. The molecule has 6 nitrogen and oxygen atoms in total. The number of rotatable bonds is 6. The van der Waals surface area contributed by atoms with E-state index in [1.165, 1.54) is 88.4 Å². The molecule has 310 valence electrons. The van der Waals surface area contributed by atoms with Gasteiger partial charge in [0, 0.05) is 80.0 Å². The highest BCUT2D eigenvalue weighted by molar-refractivity contribution is 6.17. The van der Waals surface area contributed by atoms with E-state index >= 15 is 0 Å². The van der Waals surface area contributed by atoms with Crippen molar-refractivity contribution in [1.82, 2.24) is 29.1 Å². The van der Waals surface area contributed by atoms with Gasteiger partial charge in [0.1, 0.15) is 0 Å². The molecule has 0 bridgehead atoms. The first kappa shape index (κ1) is 36.9. The smallest absolute Gasteiger partial charge is 0.0725 e. The first-order valence-electron chi connectivity index (χ1n) is 22.9. The molecular formula is C60H40N6. The lowest BCUT2D eigenvalue weighted by atomic mass is 9.74. The Morgan fingerprint density at radius 1 is 0.348 bits per heavy atom. The number of pyridine rings is 4. The molecule has 0 saturated heterocycles. The van der Waals surface area contributed by atoms with Crippen LogP contribution < -0.4 is 0 Å². The van der Waals surface area contributed by atoms with Crippen LogP contribution in [0.3, 0.4) is 0 Å². The van der Waals surface area contributed by atoms with Gasteiger partial charge in [0.2, 0.25) is 0 Å². The van der Waals surface area contributed by atoms with E-state index in [-0.39, 0.29) is 0 Å². The summed E-state index contributed by atoms with van der Waals surface area (Å²) in [4.78, 5) is 19.0. The lowest BCUT2D eigenvalue weighted by Gasteiger charge is -2.31. The molecule has 14 rings (SSSR count). The molecule has 0 radical (unpaired) electrons. The monoisotopic (exact) mass is 844 g/mol. The minimum absolute atomic E-state index is 0.921. The van der Waals surface area contributed by atoms with Gasteiger partial charge in [0.05, 0.1) is 44.8 Å². The Balaban J connectivity index is 0.996. The largest absolute Gasteiger partial charge is 0.309 e. The van der Waals surface area contributed by atoms with E-state index in [1.54, 1.807) is 12.4 Å². The molecule has 6 aromatic carbocycles. The van der Waals surface area contributed by atoms with Gasteiger partial charge in [-0.25, -0.2) is 9.97 Å². The maximum absolute atomic E-state index is 5.15. The Morgan fingerprint density at radius 3 is 1.21 bits per heavy atom. The predicted octanol–water partition coefficient (Wildman–Crippen LogP) is 14.0. The Kier molecular flexibility index (Phi) is 8.13. The van der Waals surface area contributed by atoms with Crippen LogP contribution in [0.4, 0.5) is 0 Å². The minimum Gasteiger partial charge on any atom is -0.309 e. The van der Waals surface area contributed by atoms with Crippen molar-refractivity contribution in [3.05, 3.63) is 217 Å². The number of aryl methyl sites for hydroxylation is 4. The summed E-state index contributed by atoms with van der Waals surface area (Å²) in [5, 5.41) is 5.14. The summed E-state index contributed by atoms with van der Waals surface area (Å²) in [7, 11) is 0. The third-order valence-corrected chi connectivity index (χ3v) is 14.0. The zero-order chi connectivity index (χ0) is 43.3. The van der Waals surface area contributed by atoms with Gasteiger partial charge in [-0.15, -0.1) is 0 Å². The average Bonchev–Trinajstić information content (AvgIpc) is 3.91. The molecule has 6 heteroatoms.